The maximum atomic E-state index is 13.5. The maximum absolute atomic E-state index is 13.5. The highest BCUT2D eigenvalue weighted by Crippen LogP contribution is 2.36. The second-order valence-electron chi connectivity index (χ2n) is 10.1. The summed E-state index contributed by atoms with van der Waals surface area (Å²) in [4.78, 5) is 51.0. The molecule has 210 valence electrons. The van der Waals surface area contributed by atoms with Gasteiger partial charge in [0.1, 0.15) is 0 Å². The molecule has 2 aliphatic rings. The Morgan fingerprint density at radius 2 is 1.50 bits per heavy atom. The molecule has 1 amide bonds. The minimum Gasteiger partial charge on any atom is -0.452 e. The number of hydrogen-bond donors (Lipinski definition) is 1. The quantitative estimate of drug-likeness (QED) is 0.295. The zero-order chi connectivity index (χ0) is 29.6. The van der Waals surface area contributed by atoms with E-state index in [0.717, 1.165) is 5.56 Å². The Morgan fingerprint density at radius 1 is 0.833 bits per heavy atom. The van der Waals surface area contributed by atoms with E-state index >= 15 is 0 Å². The van der Waals surface area contributed by atoms with E-state index in [9.17, 15) is 27.6 Å². The van der Waals surface area contributed by atoms with Crippen LogP contribution in [0, 0.1) is 0 Å². The summed E-state index contributed by atoms with van der Waals surface area (Å²) in [5.74, 6) is -2.16. The molecule has 0 fully saturated rings. The maximum Gasteiger partial charge on any atom is 0.338 e. The fourth-order valence-electron chi connectivity index (χ4n) is 5.39. The van der Waals surface area contributed by atoms with E-state index in [4.69, 9.17) is 4.74 Å². The first-order chi connectivity index (χ1) is 20.1. The Balaban J connectivity index is 1.13. The smallest absolute Gasteiger partial charge is 0.338 e. The molecular formula is C32H24N2O7S. The van der Waals surface area contributed by atoms with Gasteiger partial charge in [0, 0.05) is 34.0 Å². The lowest BCUT2D eigenvalue weighted by Crippen LogP contribution is -2.35. The van der Waals surface area contributed by atoms with Gasteiger partial charge in [0.25, 0.3) is 15.9 Å². The van der Waals surface area contributed by atoms with Crippen LogP contribution in [0.4, 0.5) is 11.4 Å². The standard InChI is InChI=1S/C32H24N2O7S/c1-19-15-20-7-2-5-12-28(20)34(19)42(39,40)23-9-6-8-21(16-23)32(38)41-18-29(35)33-22-13-14-26-27(17-22)31(37)25-11-4-3-10-24(25)30(26)36/h2-14,16-17,19H,15,18H2,1H3,(H,33,35)/t19-/m1/s1. The summed E-state index contributed by atoms with van der Waals surface area (Å²) in [6.07, 6.45) is 0.578. The van der Waals surface area contributed by atoms with Gasteiger partial charge in [0.2, 0.25) is 0 Å². The highest BCUT2D eigenvalue weighted by Gasteiger charge is 2.36. The lowest BCUT2D eigenvalue weighted by atomic mass is 9.84. The van der Waals surface area contributed by atoms with Crippen LogP contribution in [0.3, 0.4) is 0 Å². The number of carbonyl (C=O) groups is 4. The van der Waals surface area contributed by atoms with E-state index in [-0.39, 0.29) is 44.9 Å². The number of nitrogens with one attached hydrogen (secondary N) is 1. The third-order valence-electron chi connectivity index (χ3n) is 7.31. The number of ketones is 2. The molecule has 0 aromatic heterocycles. The van der Waals surface area contributed by atoms with Gasteiger partial charge >= 0.3 is 5.97 Å². The summed E-state index contributed by atoms with van der Waals surface area (Å²) >= 11 is 0. The van der Waals surface area contributed by atoms with E-state index in [2.05, 4.69) is 5.32 Å². The summed E-state index contributed by atoms with van der Waals surface area (Å²) in [7, 11) is -3.97. The van der Waals surface area contributed by atoms with E-state index in [0.29, 0.717) is 23.2 Å². The molecule has 0 radical (unpaired) electrons. The Hall–Kier alpha value is -5.09. The van der Waals surface area contributed by atoms with E-state index in [1.165, 1.54) is 46.8 Å². The van der Waals surface area contributed by atoms with Crippen molar-refractivity contribution in [3.05, 3.63) is 124 Å². The van der Waals surface area contributed by atoms with Crippen LogP contribution in [0.1, 0.15) is 54.7 Å². The number of sulfonamides is 1. The number of carbonyl (C=O) groups excluding carboxylic acids is 4. The van der Waals surface area contributed by atoms with Gasteiger partial charge in [-0.2, -0.15) is 0 Å². The molecule has 1 N–H and O–H groups in total. The zero-order valence-corrected chi connectivity index (χ0v) is 23.2. The van der Waals surface area contributed by atoms with Crippen molar-refractivity contribution in [2.75, 3.05) is 16.2 Å². The molecule has 0 unspecified atom stereocenters. The highest BCUT2D eigenvalue weighted by atomic mass is 32.2. The van der Waals surface area contributed by atoms with Crippen LogP contribution >= 0.6 is 0 Å². The Labute approximate surface area is 241 Å². The van der Waals surface area contributed by atoms with Crippen molar-refractivity contribution in [3.8, 4) is 0 Å². The number of amides is 1. The number of ether oxygens (including phenoxy) is 1. The van der Waals surface area contributed by atoms with Gasteiger partial charge < -0.3 is 10.1 Å². The normalized spacial score (nSPS) is 15.5. The SMILES string of the molecule is C[C@@H]1Cc2ccccc2N1S(=O)(=O)c1cccc(C(=O)OCC(=O)Nc2ccc3c(c2)C(=O)c2ccccc2C3=O)c1. The number of nitrogens with zero attached hydrogens (tertiary/aromatic N) is 1. The van der Waals surface area contributed by atoms with Gasteiger partial charge in [-0.05, 0) is 61.4 Å². The van der Waals surface area contributed by atoms with E-state index in [1.54, 1.807) is 36.4 Å². The van der Waals surface area contributed by atoms with Gasteiger partial charge in [-0.15, -0.1) is 0 Å². The van der Waals surface area contributed by atoms with Crippen molar-refractivity contribution in [2.24, 2.45) is 0 Å². The lowest BCUT2D eigenvalue weighted by Gasteiger charge is -2.24. The largest absolute Gasteiger partial charge is 0.452 e. The van der Waals surface area contributed by atoms with Crippen molar-refractivity contribution < 1.29 is 32.3 Å². The average molecular weight is 581 g/mol. The van der Waals surface area contributed by atoms with Crippen molar-refractivity contribution in [3.63, 3.8) is 0 Å². The molecule has 1 atom stereocenters. The topological polar surface area (TPSA) is 127 Å². The molecular weight excluding hydrogens is 556 g/mol. The predicted octanol–water partition coefficient (Wildman–Crippen LogP) is 4.40. The zero-order valence-electron chi connectivity index (χ0n) is 22.4. The Kier molecular flexibility index (Phi) is 6.70. The van der Waals surface area contributed by atoms with Crippen LogP contribution in [-0.4, -0.2) is 44.5 Å². The van der Waals surface area contributed by atoms with Crippen LogP contribution in [0.25, 0.3) is 0 Å². The first-order valence-corrected chi connectivity index (χ1v) is 14.6. The Bertz CT molecular complexity index is 1920. The molecule has 6 rings (SSSR count). The van der Waals surface area contributed by atoms with E-state index < -0.39 is 28.5 Å². The van der Waals surface area contributed by atoms with E-state index in [1.807, 2.05) is 19.1 Å². The van der Waals surface area contributed by atoms with Gasteiger partial charge in [-0.25, -0.2) is 13.2 Å². The monoisotopic (exact) mass is 580 g/mol. The van der Waals surface area contributed by atoms with Crippen LogP contribution in [0.15, 0.2) is 95.9 Å². The van der Waals surface area contributed by atoms with Crippen LogP contribution in [-0.2, 0) is 26.0 Å². The van der Waals surface area contributed by atoms with Crippen molar-refractivity contribution in [2.45, 2.75) is 24.3 Å². The summed E-state index contributed by atoms with van der Waals surface area (Å²) in [5, 5.41) is 2.56. The molecule has 42 heavy (non-hydrogen) atoms. The molecule has 4 aromatic carbocycles. The molecule has 0 spiro atoms. The lowest BCUT2D eigenvalue weighted by molar-refractivity contribution is -0.119. The number of benzene rings is 4. The number of para-hydroxylation sites is 1. The number of esters is 1. The first-order valence-electron chi connectivity index (χ1n) is 13.2. The third kappa shape index (κ3) is 4.65. The molecule has 9 nitrogen and oxygen atoms in total. The molecule has 1 heterocycles. The summed E-state index contributed by atoms with van der Waals surface area (Å²) in [6, 6.07) is 23.4. The second-order valence-corrected chi connectivity index (χ2v) is 11.9. The van der Waals surface area contributed by atoms with Crippen LogP contribution in [0.2, 0.25) is 0 Å². The number of rotatable bonds is 6. The Morgan fingerprint density at radius 3 is 2.26 bits per heavy atom. The van der Waals surface area contributed by atoms with Crippen molar-refractivity contribution in [1.82, 2.24) is 0 Å². The van der Waals surface area contributed by atoms with Gasteiger partial charge in [-0.1, -0.05) is 48.5 Å². The fourth-order valence-corrected chi connectivity index (χ4v) is 7.13. The van der Waals surface area contributed by atoms with Crippen molar-refractivity contribution in [1.29, 1.82) is 0 Å². The van der Waals surface area contributed by atoms with Crippen LogP contribution in [0.5, 0.6) is 0 Å². The molecule has 1 aliphatic heterocycles. The molecule has 0 bridgehead atoms. The first kappa shape index (κ1) is 27.1. The molecule has 0 saturated heterocycles. The van der Waals surface area contributed by atoms with Crippen molar-refractivity contribution >= 4 is 44.8 Å². The number of fused-ring (bicyclic) bond motifs is 3. The third-order valence-corrected chi connectivity index (χ3v) is 9.24. The predicted molar refractivity (Wildman–Crippen MR) is 154 cm³/mol. The summed E-state index contributed by atoms with van der Waals surface area (Å²) in [5.41, 5.74) is 2.78. The number of anilines is 2. The molecule has 1 aliphatic carbocycles. The van der Waals surface area contributed by atoms with Gasteiger partial charge in [-0.3, -0.25) is 18.7 Å². The second kappa shape index (κ2) is 10.4. The van der Waals surface area contributed by atoms with Crippen LogP contribution < -0.4 is 9.62 Å². The van der Waals surface area contributed by atoms with Gasteiger partial charge in [0.05, 0.1) is 16.1 Å². The highest BCUT2D eigenvalue weighted by molar-refractivity contribution is 7.92. The molecule has 10 heteroatoms. The average Bonchev–Trinajstić information content (AvgIpc) is 3.35. The molecule has 4 aromatic rings. The van der Waals surface area contributed by atoms with Gasteiger partial charge in [0.15, 0.2) is 18.2 Å². The number of hydrogen-bond acceptors (Lipinski definition) is 7. The molecule has 0 saturated carbocycles. The minimum absolute atomic E-state index is 0.0273. The minimum atomic E-state index is -3.97. The summed E-state index contributed by atoms with van der Waals surface area (Å²) in [6.45, 7) is 1.17. The fraction of sp³-hybridized carbons (Fsp3) is 0.125. The summed E-state index contributed by atoms with van der Waals surface area (Å²) < 4.78 is 33.6.